The average molecular weight is 307 g/mol. The molecule has 1 amide bonds. The van der Waals surface area contributed by atoms with Crippen LogP contribution in [0.1, 0.15) is 18.4 Å². The standard InChI is InChI=1S/C16H19ClN2O2/c1-13(18-12-4-7-16(20)19-21)5-2-3-6-14-8-10-15(17)11-9-14/h2-3,5-6,8-11,18,21H,1,4,7,12H2,(H,19,20)/b5-2+,6-3+. The van der Waals surface area contributed by atoms with Gasteiger partial charge in [-0.25, -0.2) is 5.48 Å². The zero-order chi connectivity index (χ0) is 15.5. The van der Waals surface area contributed by atoms with E-state index in [1.54, 1.807) is 5.48 Å². The number of nitrogens with one attached hydrogen (secondary N) is 2. The van der Waals surface area contributed by atoms with Gasteiger partial charge in [0.15, 0.2) is 0 Å². The highest BCUT2D eigenvalue weighted by Crippen LogP contribution is 2.10. The number of allylic oxidation sites excluding steroid dienone is 3. The van der Waals surface area contributed by atoms with Crippen LogP contribution in [0.2, 0.25) is 5.02 Å². The second kappa shape index (κ2) is 9.80. The summed E-state index contributed by atoms with van der Waals surface area (Å²) in [5.74, 6) is -0.385. The van der Waals surface area contributed by atoms with Crippen LogP contribution in [-0.4, -0.2) is 17.7 Å². The molecule has 0 aromatic heterocycles. The van der Waals surface area contributed by atoms with Crippen molar-refractivity contribution in [1.82, 2.24) is 10.8 Å². The Morgan fingerprint density at radius 2 is 2.00 bits per heavy atom. The molecule has 5 heteroatoms. The van der Waals surface area contributed by atoms with Crippen molar-refractivity contribution in [3.63, 3.8) is 0 Å². The first-order valence-corrected chi connectivity index (χ1v) is 6.95. The van der Waals surface area contributed by atoms with Crippen molar-refractivity contribution in [1.29, 1.82) is 0 Å². The van der Waals surface area contributed by atoms with E-state index in [-0.39, 0.29) is 12.3 Å². The Balaban J connectivity index is 2.24. The maximum Gasteiger partial charge on any atom is 0.243 e. The first-order valence-electron chi connectivity index (χ1n) is 6.58. The van der Waals surface area contributed by atoms with Crippen LogP contribution < -0.4 is 10.8 Å². The molecule has 1 aromatic carbocycles. The lowest BCUT2D eigenvalue weighted by Gasteiger charge is -2.04. The zero-order valence-electron chi connectivity index (χ0n) is 11.7. The van der Waals surface area contributed by atoms with Gasteiger partial charge >= 0.3 is 0 Å². The van der Waals surface area contributed by atoms with Gasteiger partial charge in [0.1, 0.15) is 0 Å². The molecular formula is C16H19ClN2O2. The van der Waals surface area contributed by atoms with Crippen molar-refractivity contribution < 1.29 is 10.0 Å². The summed E-state index contributed by atoms with van der Waals surface area (Å²) in [6, 6.07) is 7.56. The van der Waals surface area contributed by atoms with Crippen molar-refractivity contribution in [2.45, 2.75) is 12.8 Å². The summed E-state index contributed by atoms with van der Waals surface area (Å²) in [7, 11) is 0. The first-order chi connectivity index (χ1) is 10.1. The molecule has 3 N–H and O–H groups in total. The van der Waals surface area contributed by atoms with E-state index in [0.29, 0.717) is 13.0 Å². The number of carbonyl (C=O) groups is 1. The molecule has 0 fully saturated rings. The Labute approximate surface area is 129 Å². The molecule has 112 valence electrons. The molecule has 4 nitrogen and oxygen atoms in total. The second-order valence-electron chi connectivity index (χ2n) is 4.36. The minimum absolute atomic E-state index is 0.275. The van der Waals surface area contributed by atoms with Crippen LogP contribution in [0.15, 0.2) is 54.8 Å². The van der Waals surface area contributed by atoms with Gasteiger partial charge in [-0.15, -0.1) is 0 Å². The monoisotopic (exact) mass is 306 g/mol. The fourth-order valence-electron chi connectivity index (χ4n) is 1.52. The third kappa shape index (κ3) is 7.97. The van der Waals surface area contributed by atoms with E-state index in [2.05, 4.69) is 11.9 Å². The Kier molecular flexibility index (Phi) is 7.94. The van der Waals surface area contributed by atoms with Crippen LogP contribution in [0.4, 0.5) is 0 Å². The Morgan fingerprint density at radius 3 is 2.67 bits per heavy atom. The summed E-state index contributed by atoms with van der Waals surface area (Å²) >= 11 is 5.81. The quantitative estimate of drug-likeness (QED) is 0.299. The van der Waals surface area contributed by atoms with E-state index in [1.165, 1.54) is 0 Å². The van der Waals surface area contributed by atoms with Crippen molar-refractivity contribution in [2.24, 2.45) is 0 Å². The summed E-state index contributed by atoms with van der Waals surface area (Å²) in [6.45, 7) is 4.47. The van der Waals surface area contributed by atoms with E-state index < -0.39 is 0 Å². The molecule has 0 saturated carbocycles. The molecule has 0 heterocycles. The smallest absolute Gasteiger partial charge is 0.243 e. The van der Waals surface area contributed by atoms with Crippen LogP contribution in [0.25, 0.3) is 6.08 Å². The van der Waals surface area contributed by atoms with Crippen molar-refractivity contribution >= 4 is 23.6 Å². The van der Waals surface area contributed by atoms with Gasteiger partial charge in [0.25, 0.3) is 0 Å². The van der Waals surface area contributed by atoms with Gasteiger partial charge in [0.05, 0.1) is 0 Å². The molecule has 0 aliphatic rings. The Bertz CT molecular complexity index is 522. The molecule has 0 saturated heterocycles. The zero-order valence-corrected chi connectivity index (χ0v) is 12.4. The van der Waals surface area contributed by atoms with Gasteiger partial charge in [-0.2, -0.15) is 0 Å². The fourth-order valence-corrected chi connectivity index (χ4v) is 1.65. The molecule has 0 aliphatic carbocycles. The van der Waals surface area contributed by atoms with Gasteiger partial charge in [-0.05, 0) is 30.2 Å². The topological polar surface area (TPSA) is 61.4 Å². The third-order valence-corrected chi connectivity index (χ3v) is 2.88. The number of hydroxylamine groups is 1. The summed E-state index contributed by atoms with van der Waals surface area (Å²) in [4.78, 5) is 10.8. The van der Waals surface area contributed by atoms with Crippen LogP contribution in [-0.2, 0) is 4.79 Å². The fraction of sp³-hybridized carbons (Fsp3) is 0.188. The molecule has 1 rings (SSSR count). The highest BCUT2D eigenvalue weighted by Gasteiger charge is 1.97. The normalized spacial score (nSPS) is 11.0. The Hall–Kier alpha value is -2.04. The molecule has 0 spiro atoms. The van der Waals surface area contributed by atoms with E-state index in [4.69, 9.17) is 16.8 Å². The largest absolute Gasteiger partial charge is 0.386 e. The third-order valence-electron chi connectivity index (χ3n) is 2.62. The number of amides is 1. The van der Waals surface area contributed by atoms with Gasteiger partial charge in [-0.3, -0.25) is 10.0 Å². The number of rotatable bonds is 8. The van der Waals surface area contributed by atoms with Crippen molar-refractivity contribution in [2.75, 3.05) is 6.54 Å². The predicted octanol–water partition coefficient (Wildman–Crippen LogP) is 3.30. The van der Waals surface area contributed by atoms with Gasteiger partial charge in [0, 0.05) is 23.7 Å². The minimum Gasteiger partial charge on any atom is -0.386 e. The molecule has 1 aromatic rings. The number of hydrogen-bond acceptors (Lipinski definition) is 3. The number of benzene rings is 1. The minimum atomic E-state index is -0.385. The van der Waals surface area contributed by atoms with Crippen LogP contribution in [0.3, 0.4) is 0 Å². The highest BCUT2D eigenvalue weighted by atomic mass is 35.5. The van der Waals surface area contributed by atoms with Gasteiger partial charge in [0.2, 0.25) is 5.91 Å². The van der Waals surface area contributed by atoms with Gasteiger partial charge < -0.3 is 5.32 Å². The lowest BCUT2D eigenvalue weighted by Crippen LogP contribution is -2.20. The first kappa shape index (κ1) is 17.0. The summed E-state index contributed by atoms with van der Waals surface area (Å²) < 4.78 is 0. The van der Waals surface area contributed by atoms with Crippen LogP contribution in [0, 0.1) is 0 Å². The summed E-state index contributed by atoms with van der Waals surface area (Å²) in [6.07, 6.45) is 8.50. The lowest BCUT2D eigenvalue weighted by molar-refractivity contribution is -0.129. The average Bonchev–Trinajstić information content (AvgIpc) is 2.49. The molecule has 0 radical (unpaired) electrons. The molecule has 0 atom stereocenters. The molecule has 0 bridgehead atoms. The molecule has 0 aliphatic heterocycles. The maximum absolute atomic E-state index is 10.8. The molecule has 0 unspecified atom stereocenters. The van der Waals surface area contributed by atoms with Crippen molar-refractivity contribution in [3.05, 3.63) is 65.4 Å². The molecule has 21 heavy (non-hydrogen) atoms. The van der Waals surface area contributed by atoms with Crippen LogP contribution in [0.5, 0.6) is 0 Å². The van der Waals surface area contributed by atoms with Crippen molar-refractivity contribution in [3.8, 4) is 0 Å². The van der Waals surface area contributed by atoms with E-state index in [0.717, 1.165) is 16.3 Å². The summed E-state index contributed by atoms with van der Waals surface area (Å²) in [5, 5.41) is 12.1. The second-order valence-corrected chi connectivity index (χ2v) is 4.80. The lowest BCUT2D eigenvalue weighted by atomic mass is 10.2. The maximum atomic E-state index is 10.8. The van der Waals surface area contributed by atoms with E-state index >= 15 is 0 Å². The SMILES string of the molecule is C=C(/C=C/C=C/c1ccc(Cl)cc1)NCCCC(=O)NO. The van der Waals surface area contributed by atoms with Gasteiger partial charge in [-0.1, -0.05) is 48.5 Å². The number of halogens is 1. The predicted molar refractivity (Wildman–Crippen MR) is 85.9 cm³/mol. The Morgan fingerprint density at radius 1 is 1.29 bits per heavy atom. The van der Waals surface area contributed by atoms with E-state index in [1.807, 2.05) is 48.6 Å². The number of carbonyl (C=O) groups excluding carboxylic acids is 1. The van der Waals surface area contributed by atoms with Crippen LogP contribution >= 0.6 is 11.6 Å². The molecular weight excluding hydrogens is 288 g/mol. The summed E-state index contributed by atoms with van der Waals surface area (Å²) in [5.41, 5.74) is 3.42. The highest BCUT2D eigenvalue weighted by molar-refractivity contribution is 6.30. The van der Waals surface area contributed by atoms with E-state index in [9.17, 15) is 4.79 Å². The number of hydrogen-bond donors (Lipinski definition) is 3.